The molecule has 2 aromatic carbocycles. The fourth-order valence-corrected chi connectivity index (χ4v) is 10.2. The molecule has 0 aliphatic carbocycles. The van der Waals surface area contributed by atoms with E-state index in [1.54, 1.807) is 0 Å². The van der Waals surface area contributed by atoms with Gasteiger partial charge in [0, 0.05) is 5.33 Å². The van der Waals surface area contributed by atoms with Gasteiger partial charge in [0.25, 0.3) is 8.32 Å². The van der Waals surface area contributed by atoms with Crippen molar-refractivity contribution in [3.8, 4) is 0 Å². The van der Waals surface area contributed by atoms with E-state index in [0.717, 1.165) is 17.6 Å². The van der Waals surface area contributed by atoms with Crippen LogP contribution in [0.25, 0.3) is 0 Å². The van der Waals surface area contributed by atoms with Crippen LogP contribution in [0.15, 0.2) is 60.7 Å². The lowest BCUT2D eigenvalue weighted by atomic mass is 10.2. The summed E-state index contributed by atoms with van der Waals surface area (Å²) in [6.07, 6.45) is 0. The minimum Gasteiger partial charge on any atom is -0.406 e. The minimum atomic E-state index is -2.49. The molecule has 0 radical (unpaired) electrons. The normalized spacial score (nSPS) is 12.3. The molecule has 0 bridgehead atoms. The van der Waals surface area contributed by atoms with E-state index in [9.17, 15) is 0 Å². The number of hydrogen-bond donors (Lipinski definition) is 0. The second kappa shape index (κ2) is 9.45. The molecule has 0 unspecified atom stereocenters. The maximum Gasteiger partial charge on any atom is 0.261 e. The van der Waals surface area contributed by atoms with Gasteiger partial charge in [-0.3, -0.25) is 4.68 Å². The molecule has 6 heteroatoms. The fourth-order valence-electron chi connectivity index (χ4n) is 3.97. The lowest BCUT2D eigenvalue weighted by Gasteiger charge is -2.43. The molecule has 29 heavy (non-hydrogen) atoms. The Morgan fingerprint density at radius 2 is 1.52 bits per heavy atom. The van der Waals surface area contributed by atoms with Crippen LogP contribution in [0.5, 0.6) is 0 Å². The maximum absolute atomic E-state index is 6.98. The van der Waals surface area contributed by atoms with Crippen molar-refractivity contribution in [1.82, 2.24) is 9.78 Å². The second-order valence-corrected chi connectivity index (χ2v) is 14.2. The Morgan fingerprint density at radius 1 is 1.00 bits per heavy atom. The van der Waals surface area contributed by atoms with Crippen LogP contribution >= 0.6 is 38.5 Å². The van der Waals surface area contributed by atoms with Crippen LogP contribution in [-0.2, 0) is 16.3 Å². The van der Waals surface area contributed by atoms with E-state index in [1.165, 1.54) is 19.6 Å². The largest absolute Gasteiger partial charge is 0.406 e. The highest BCUT2D eigenvalue weighted by Gasteiger charge is 2.50. The average Bonchev–Trinajstić information content (AvgIpc) is 2.98. The summed E-state index contributed by atoms with van der Waals surface area (Å²) < 4.78 is 10.3. The quantitative estimate of drug-likeness (QED) is 0.216. The molecule has 3 aromatic rings. The summed E-state index contributed by atoms with van der Waals surface area (Å²) in [4.78, 5) is 0. The second-order valence-electron chi connectivity index (χ2n) is 8.21. The maximum atomic E-state index is 6.98. The molecule has 1 heterocycles. The van der Waals surface area contributed by atoms with Crippen molar-refractivity contribution in [3.63, 3.8) is 0 Å². The third-order valence-corrected chi connectivity index (χ3v) is 12.3. The first-order valence-electron chi connectivity index (χ1n) is 9.84. The summed E-state index contributed by atoms with van der Waals surface area (Å²) in [6, 6.07) is 21.6. The van der Waals surface area contributed by atoms with Crippen molar-refractivity contribution in [1.29, 1.82) is 0 Å². The number of aryl methyl sites for hydroxylation is 1. The summed E-state index contributed by atoms with van der Waals surface area (Å²) >= 11 is 5.99. The monoisotopic (exact) mass is 582 g/mol. The molecule has 0 saturated heterocycles. The Morgan fingerprint density at radius 3 is 1.97 bits per heavy atom. The van der Waals surface area contributed by atoms with Crippen LogP contribution < -0.4 is 10.4 Å². The highest BCUT2D eigenvalue weighted by Crippen LogP contribution is 2.36. The number of alkyl halides is 1. The van der Waals surface area contributed by atoms with Gasteiger partial charge in [-0.2, -0.15) is 5.10 Å². The van der Waals surface area contributed by atoms with Gasteiger partial charge in [-0.1, -0.05) is 97.4 Å². The highest BCUT2D eigenvalue weighted by molar-refractivity contribution is 14.1. The number of benzene rings is 2. The number of halogens is 2. The van der Waals surface area contributed by atoms with Gasteiger partial charge in [0.1, 0.15) is 0 Å². The SMILES string of the molecule is Cc1nn(CCO[Si](c2ccccc2)(c2ccccc2)C(C)(C)C)c(CBr)c1I. The van der Waals surface area contributed by atoms with E-state index in [1.807, 2.05) is 0 Å². The van der Waals surface area contributed by atoms with Crippen LogP contribution in [0.3, 0.4) is 0 Å². The number of nitrogens with zero attached hydrogens (tertiary/aromatic N) is 2. The van der Waals surface area contributed by atoms with Gasteiger partial charge in [0.05, 0.1) is 28.1 Å². The third kappa shape index (κ3) is 4.55. The number of rotatable bonds is 7. The molecule has 0 atom stereocenters. The topological polar surface area (TPSA) is 27.1 Å². The molecule has 1 aromatic heterocycles. The molecule has 0 aliphatic rings. The van der Waals surface area contributed by atoms with Gasteiger partial charge in [-0.15, -0.1) is 0 Å². The van der Waals surface area contributed by atoms with Crippen LogP contribution in [0, 0.1) is 10.5 Å². The Bertz CT molecular complexity index is 899. The lowest BCUT2D eigenvalue weighted by molar-refractivity contribution is 0.273. The summed E-state index contributed by atoms with van der Waals surface area (Å²) in [7, 11) is -2.49. The Kier molecular flexibility index (Phi) is 7.40. The van der Waals surface area contributed by atoms with E-state index >= 15 is 0 Å². The smallest absolute Gasteiger partial charge is 0.261 e. The molecule has 0 amide bonds. The van der Waals surface area contributed by atoms with Gasteiger partial charge < -0.3 is 4.43 Å². The van der Waals surface area contributed by atoms with Crippen molar-refractivity contribution in [2.45, 2.75) is 44.6 Å². The first-order chi connectivity index (χ1) is 13.8. The van der Waals surface area contributed by atoms with Gasteiger partial charge in [-0.25, -0.2) is 0 Å². The van der Waals surface area contributed by atoms with Crippen LogP contribution in [-0.4, -0.2) is 24.7 Å². The van der Waals surface area contributed by atoms with E-state index in [2.05, 4.69) is 132 Å². The van der Waals surface area contributed by atoms with Crippen molar-refractivity contribution >= 4 is 57.2 Å². The van der Waals surface area contributed by atoms with Crippen molar-refractivity contribution in [2.75, 3.05) is 6.61 Å². The zero-order valence-electron chi connectivity index (χ0n) is 17.5. The highest BCUT2D eigenvalue weighted by atomic mass is 127. The summed E-state index contributed by atoms with van der Waals surface area (Å²) in [6.45, 7) is 10.4. The first-order valence-corrected chi connectivity index (χ1v) is 13.9. The predicted octanol–water partition coefficient (Wildman–Crippen LogP) is 5.27. The molecular weight excluding hydrogens is 555 g/mol. The first kappa shape index (κ1) is 22.7. The fraction of sp³-hybridized carbons (Fsp3) is 0.348. The van der Waals surface area contributed by atoms with Crippen molar-refractivity contribution in [2.24, 2.45) is 0 Å². The molecule has 0 fully saturated rings. The van der Waals surface area contributed by atoms with E-state index in [-0.39, 0.29) is 5.04 Å². The molecule has 0 aliphatic heterocycles. The molecule has 0 spiro atoms. The Labute approximate surface area is 197 Å². The van der Waals surface area contributed by atoms with Crippen LogP contribution in [0.2, 0.25) is 5.04 Å². The number of aromatic nitrogens is 2. The Hall–Kier alpha value is -0.963. The molecular formula is C23H28BrIN2OSi. The third-order valence-electron chi connectivity index (χ3n) is 5.32. The van der Waals surface area contributed by atoms with Crippen molar-refractivity contribution < 1.29 is 4.43 Å². The molecule has 3 nitrogen and oxygen atoms in total. The minimum absolute atomic E-state index is 0.0115. The molecule has 0 N–H and O–H groups in total. The molecule has 0 saturated carbocycles. The van der Waals surface area contributed by atoms with Gasteiger partial charge in [-0.05, 0) is 44.9 Å². The summed E-state index contributed by atoms with van der Waals surface area (Å²) in [5.41, 5.74) is 2.29. The van der Waals surface area contributed by atoms with Crippen LogP contribution in [0.4, 0.5) is 0 Å². The zero-order chi connectivity index (χ0) is 21.1. The summed E-state index contributed by atoms with van der Waals surface area (Å²) in [5, 5.41) is 8.13. The van der Waals surface area contributed by atoms with E-state index in [4.69, 9.17) is 9.52 Å². The average molecular weight is 583 g/mol. The lowest BCUT2D eigenvalue weighted by Crippen LogP contribution is -2.66. The predicted molar refractivity (Wildman–Crippen MR) is 136 cm³/mol. The zero-order valence-corrected chi connectivity index (χ0v) is 22.2. The van der Waals surface area contributed by atoms with Gasteiger partial charge in [0.2, 0.25) is 0 Å². The Balaban J connectivity index is 1.99. The van der Waals surface area contributed by atoms with Gasteiger partial charge >= 0.3 is 0 Å². The van der Waals surface area contributed by atoms with E-state index < -0.39 is 8.32 Å². The van der Waals surface area contributed by atoms with Crippen LogP contribution in [0.1, 0.15) is 32.2 Å². The summed E-state index contributed by atoms with van der Waals surface area (Å²) in [5.74, 6) is 0. The van der Waals surface area contributed by atoms with Crippen molar-refractivity contribution in [3.05, 3.63) is 75.6 Å². The standard InChI is InChI=1S/C23H28BrIN2OSi/c1-18-22(25)21(17-24)27(26-18)15-16-28-29(23(2,3)4,19-11-7-5-8-12-19)20-13-9-6-10-14-20/h5-14H,15-17H2,1-4H3. The van der Waals surface area contributed by atoms with E-state index in [0.29, 0.717) is 6.61 Å². The van der Waals surface area contributed by atoms with Gasteiger partial charge in [0.15, 0.2) is 0 Å². The number of hydrogen-bond acceptors (Lipinski definition) is 2. The molecule has 154 valence electrons. The molecule has 3 rings (SSSR count).